The Morgan fingerprint density at radius 2 is 2.00 bits per heavy atom. The summed E-state index contributed by atoms with van der Waals surface area (Å²) in [6.07, 6.45) is 0.0721. The van der Waals surface area contributed by atoms with Gasteiger partial charge in [0.05, 0.1) is 5.92 Å². The number of nitrogens with one attached hydrogen (secondary N) is 1. The molecule has 1 atom stereocenters. The van der Waals surface area contributed by atoms with Gasteiger partial charge in [0, 0.05) is 29.4 Å². The Morgan fingerprint density at radius 3 is 2.74 bits per heavy atom. The molecule has 2 aromatic rings. The molecule has 0 spiro atoms. The van der Waals surface area contributed by atoms with Crippen molar-refractivity contribution < 1.29 is 19.1 Å². The first-order valence-corrected chi connectivity index (χ1v) is 8.89. The summed E-state index contributed by atoms with van der Waals surface area (Å²) in [5, 5.41) is 3.09. The van der Waals surface area contributed by atoms with Crippen molar-refractivity contribution in [2.45, 2.75) is 13.3 Å². The van der Waals surface area contributed by atoms with Crippen LogP contribution in [-0.2, 0) is 19.1 Å². The highest BCUT2D eigenvalue weighted by atomic mass is 35.5. The van der Waals surface area contributed by atoms with Crippen LogP contribution in [0.4, 0.5) is 11.4 Å². The van der Waals surface area contributed by atoms with Crippen LogP contribution in [-0.4, -0.2) is 30.9 Å². The molecule has 2 aromatic carbocycles. The van der Waals surface area contributed by atoms with Crippen molar-refractivity contribution in [1.29, 1.82) is 0 Å². The highest BCUT2D eigenvalue weighted by Crippen LogP contribution is 2.26. The average molecular weight is 387 g/mol. The van der Waals surface area contributed by atoms with Crippen molar-refractivity contribution >= 4 is 40.8 Å². The number of carbonyl (C=O) groups is 3. The van der Waals surface area contributed by atoms with Gasteiger partial charge in [0.15, 0.2) is 6.61 Å². The normalized spacial score (nSPS) is 16.3. The first-order chi connectivity index (χ1) is 12.9. The smallest absolute Gasteiger partial charge is 0.311 e. The predicted octanol–water partition coefficient (Wildman–Crippen LogP) is 3.18. The number of rotatable bonds is 5. The summed E-state index contributed by atoms with van der Waals surface area (Å²) in [5.41, 5.74) is 2.31. The van der Waals surface area contributed by atoms with Gasteiger partial charge >= 0.3 is 5.97 Å². The van der Waals surface area contributed by atoms with Gasteiger partial charge in [-0.25, -0.2) is 0 Å². The monoisotopic (exact) mass is 386 g/mol. The Labute approximate surface area is 162 Å². The van der Waals surface area contributed by atoms with Gasteiger partial charge in [0.2, 0.25) is 5.91 Å². The fourth-order valence-corrected chi connectivity index (χ4v) is 3.12. The zero-order valence-corrected chi connectivity index (χ0v) is 15.5. The van der Waals surface area contributed by atoms with Crippen molar-refractivity contribution in [3.8, 4) is 0 Å². The number of hydrogen-bond donors (Lipinski definition) is 1. The Kier molecular flexibility index (Phi) is 5.76. The minimum atomic E-state index is -0.586. The fraction of sp³-hybridized carbons (Fsp3) is 0.250. The number of esters is 1. The quantitative estimate of drug-likeness (QED) is 0.801. The SMILES string of the molecule is Cc1cccc(N2C[C@H](C(=O)OCC(=O)Nc3cccc(Cl)c3)CC2=O)c1. The molecule has 7 heteroatoms. The van der Waals surface area contributed by atoms with Crippen LogP contribution in [0.2, 0.25) is 5.02 Å². The second-order valence-electron chi connectivity index (χ2n) is 6.41. The van der Waals surface area contributed by atoms with Crippen LogP contribution in [0.25, 0.3) is 0 Å². The summed E-state index contributed by atoms with van der Waals surface area (Å²) in [6, 6.07) is 14.2. The summed E-state index contributed by atoms with van der Waals surface area (Å²) in [7, 11) is 0. The molecule has 2 amide bonds. The summed E-state index contributed by atoms with van der Waals surface area (Å²) < 4.78 is 5.08. The van der Waals surface area contributed by atoms with E-state index in [1.54, 1.807) is 29.2 Å². The minimum Gasteiger partial charge on any atom is -0.455 e. The van der Waals surface area contributed by atoms with Crippen LogP contribution in [0.5, 0.6) is 0 Å². The van der Waals surface area contributed by atoms with E-state index < -0.39 is 24.4 Å². The maximum absolute atomic E-state index is 12.2. The van der Waals surface area contributed by atoms with Crippen molar-refractivity contribution in [3.63, 3.8) is 0 Å². The Balaban J connectivity index is 1.52. The molecule has 1 aliphatic rings. The lowest BCUT2D eigenvalue weighted by atomic mass is 10.1. The molecule has 1 fully saturated rings. The first kappa shape index (κ1) is 18.9. The predicted molar refractivity (Wildman–Crippen MR) is 103 cm³/mol. The molecule has 0 aliphatic carbocycles. The van der Waals surface area contributed by atoms with Crippen molar-refractivity contribution in [2.75, 3.05) is 23.4 Å². The largest absolute Gasteiger partial charge is 0.455 e. The van der Waals surface area contributed by atoms with E-state index >= 15 is 0 Å². The molecular formula is C20H19ClN2O4. The molecule has 0 radical (unpaired) electrons. The van der Waals surface area contributed by atoms with E-state index in [1.807, 2.05) is 31.2 Å². The zero-order valence-electron chi connectivity index (χ0n) is 14.8. The fourth-order valence-electron chi connectivity index (χ4n) is 2.93. The van der Waals surface area contributed by atoms with E-state index in [2.05, 4.69) is 5.32 Å². The lowest BCUT2D eigenvalue weighted by molar-refractivity contribution is -0.151. The lowest BCUT2D eigenvalue weighted by Gasteiger charge is -2.17. The van der Waals surface area contributed by atoms with E-state index in [0.717, 1.165) is 11.3 Å². The summed E-state index contributed by atoms with van der Waals surface area (Å²) >= 11 is 5.86. The van der Waals surface area contributed by atoms with Gasteiger partial charge in [-0.2, -0.15) is 0 Å². The number of benzene rings is 2. The Morgan fingerprint density at radius 1 is 1.22 bits per heavy atom. The molecule has 27 heavy (non-hydrogen) atoms. The van der Waals surface area contributed by atoms with Gasteiger partial charge in [-0.15, -0.1) is 0 Å². The minimum absolute atomic E-state index is 0.0721. The van der Waals surface area contributed by atoms with Gasteiger partial charge < -0.3 is 15.0 Å². The molecule has 1 heterocycles. The molecule has 3 rings (SSSR count). The van der Waals surface area contributed by atoms with Gasteiger partial charge in [0.1, 0.15) is 0 Å². The first-order valence-electron chi connectivity index (χ1n) is 8.51. The summed E-state index contributed by atoms with van der Waals surface area (Å²) in [5.74, 6) is -1.74. The number of carbonyl (C=O) groups excluding carboxylic acids is 3. The van der Waals surface area contributed by atoms with E-state index in [0.29, 0.717) is 10.7 Å². The third kappa shape index (κ3) is 4.86. The molecule has 0 aromatic heterocycles. The number of nitrogens with zero attached hydrogens (tertiary/aromatic N) is 1. The number of amides is 2. The number of halogens is 1. The van der Waals surface area contributed by atoms with Crippen LogP contribution < -0.4 is 10.2 Å². The van der Waals surface area contributed by atoms with Gasteiger partial charge in [-0.05, 0) is 42.8 Å². The van der Waals surface area contributed by atoms with Crippen molar-refractivity contribution in [1.82, 2.24) is 0 Å². The molecule has 140 valence electrons. The van der Waals surface area contributed by atoms with Crippen LogP contribution in [0.1, 0.15) is 12.0 Å². The maximum Gasteiger partial charge on any atom is 0.311 e. The highest BCUT2D eigenvalue weighted by molar-refractivity contribution is 6.30. The van der Waals surface area contributed by atoms with E-state index in [4.69, 9.17) is 16.3 Å². The second kappa shape index (κ2) is 8.22. The van der Waals surface area contributed by atoms with Crippen molar-refractivity contribution in [3.05, 3.63) is 59.1 Å². The van der Waals surface area contributed by atoms with Crippen LogP contribution >= 0.6 is 11.6 Å². The maximum atomic E-state index is 12.2. The molecule has 1 saturated heterocycles. The third-order valence-electron chi connectivity index (χ3n) is 4.23. The number of ether oxygens (including phenoxy) is 1. The number of anilines is 2. The average Bonchev–Trinajstić information content (AvgIpc) is 3.01. The zero-order chi connectivity index (χ0) is 19.4. The Bertz CT molecular complexity index is 884. The van der Waals surface area contributed by atoms with Crippen molar-refractivity contribution in [2.24, 2.45) is 5.92 Å². The van der Waals surface area contributed by atoms with E-state index in [1.165, 1.54) is 0 Å². The molecule has 1 N–H and O–H groups in total. The molecule has 0 saturated carbocycles. The standard InChI is InChI=1S/C20H19ClN2O4/c1-13-4-2-7-17(8-13)23-11-14(9-19(23)25)20(26)27-12-18(24)22-16-6-3-5-15(21)10-16/h2-8,10,14H,9,11-12H2,1H3,(H,22,24)/t14-/m1/s1. The molecule has 0 unspecified atom stereocenters. The number of hydrogen-bond acceptors (Lipinski definition) is 4. The van der Waals surface area contributed by atoms with Crippen LogP contribution in [0.3, 0.4) is 0 Å². The Hall–Kier alpha value is -2.86. The van der Waals surface area contributed by atoms with Gasteiger partial charge in [-0.1, -0.05) is 29.8 Å². The van der Waals surface area contributed by atoms with Gasteiger partial charge in [-0.3, -0.25) is 14.4 Å². The molecular weight excluding hydrogens is 368 g/mol. The molecule has 6 nitrogen and oxygen atoms in total. The highest BCUT2D eigenvalue weighted by Gasteiger charge is 2.36. The van der Waals surface area contributed by atoms with E-state index in [9.17, 15) is 14.4 Å². The summed E-state index contributed by atoms with van der Waals surface area (Å²) in [4.78, 5) is 38.0. The van der Waals surface area contributed by atoms with Gasteiger partial charge in [0.25, 0.3) is 5.91 Å². The number of aryl methyl sites for hydroxylation is 1. The topological polar surface area (TPSA) is 75.7 Å². The van der Waals surface area contributed by atoms with E-state index in [-0.39, 0.29) is 18.9 Å². The van der Waals surface area contributed by atoms with Crippen LogP contribution in [0.15, 0.2) is 48.5 Å². The molecule has 1 aliphatic heterocycles. The lowest BCUT2D eigenvalue weighted by Crippen LogP contribution is -2.28. The summed E-state index contributed by atoms with van der Waals surface area (Å²) in [6.45, 7) is 1.77. The second-order valence-corrected chi connectivity index (χ2v) is 6.85. The van der Waals surface area contributed by atoms with Crippen LogP contribution in [0, 0.1) is 12.8 Å². The molecule has 0 bridgehead atoms. The third-order valence-corrected chi connectivity index (χ3v) is 4.46.